The SMILES string of the molecule is C[C@H](NC(=O)N(Cc1ccc(C(=O)NCCC(=O)O)cc1)C1CCC(C2CCCCC2)CC1)c1ccc(Cl)cc1.S. The van der Waals surface area contributed by atoms with Gasteiger partial charge in [0.1, 0.15) is 0 Å². The van der Waals surface area contributed by atoms with Crippen LogP contribution in [0.3, 0.4) is 0 Å². The third-order valence-electron chi connectivity index (χ3n) is 8.66. The summed E-state index contributed by atoms with van der Waals surface area (Å²) in [6, 6.07) is 14.7. The standard InChI is InChI=1S/C32H42ClN3O4.H2S/c1-22(24-11-15-28(33)16-12-24)35-32(40)36(29-17-13-26(14-18-29)25-5-3-2-4-6-25)21-23-7-9-27(10-8-23)31(39)34-20-19-30(37)38;/h7-12,15-16,22,25-26,29H,2-6,13-14,17-21H2,1H3,(H,34,39)(H,35,40)(H,37,38);1H2/t22-,26?,29?;/m0./s1. The Kier molecular flexibility index (Phi) is 12.9. The number of halogens is 1. The summed E-state index contributed by atoms with van der Waals surface area (Å²) in [7, 11) is 0. The van der Waals surface area contributed by atoms with E-state index in [1.165, 1.54) is 44.9 Å². The van der Waals surface area contributed by atoms with Gasteiger partial charge >= 0.3 is 12.0 Å². The molecule has 2 saturated carbocycles. The van der Waals surface area contributed by atoms with Crippen LogP contribution in [0, 0.1) is 11.8 Å². The van der Waals surface area contributed by atoms with Gasteiger partial charge < -0.3 is 20.6 Å². The molecule has 2 aromatic rings. The van der Waals surface area contributed by atoms with Crippen molar-refractivity contribution in [2.75, 3.05) is 6.54 Å². The smallest absolute Gasteiger partial charge is 0.318 e. The number of hydrogen-bond donors (Lipinski definition) is 3. The first kappa shape index (κ1) is 32.8. The minimum absolute atomic E-state index is 0. The Morgan fingerprint density at radius 2 is 1.51 bits per heavy atom. The molecule has 0 unspecified atom stereocenters. The van der Waals surface area contributed by atoms with Crippen molar-refractivity contribution in [2.45, 2.75) is 89.8 Å². The molecule has 0 heterocycles. The van der Waals surface area contributed by atoms with Gasteiger partial charge in [-0.1, -0.05) is 68.0 Å². The van der Waals surface area contributed by atoms with Crippen LogP contribution in [0.1, 0.15) is 98.7 Å². The zero-order valence-corrected chi connectivity index (χ0v) is 25.7. The van der Waals surface area contributed by atoms with E-state index >= 15 is 0 Å². The third-order valence-corrected chi connectivity index (χ3v) is 8.91. The molecule has 224 valence electrons. The number of nitrogens with one attached hydrogen (secondary N) is 2. The van der Waals surface area contributed by atoms with Gasteiger partial charge in [0.25, 0.3) is 5.91 Å². The van der Waals surface area contributed by atoms with E-state index in [1.807, 2.05) is 48.2 Å². The van der Waals surface area contributed by atoms with E-state index in [0.717, 1.165) is 35.8 Å². The molecule has 0 aromatic heterocycles. The molecule has 7 nitrogen and oxygen atoms in total. The highest BCUT2D eigenvalue weighted by molar-refractivity contribution is 7.59. The third kappa shape index (κ3) is 9.67. The van der Waals surface area contributed by atoms with E-state index in [9.17, 15) is 14.4 Å². The molecule has 1 atom stereocenters. The summed E-state index contributed by atoms with van der Waals surface area (Å²) in [6.45, 7) is 2.52. The molecular weight excluding hydrogens is 558 g/mol. The predicted molar refractivity (Wildman–Crippen MR) is 168 cm³/mol. The molecule has 3 amide bonds. The van der Waals surface area contributed by atoms with Gasteiger partial charge in [0.05, 0.1) is 12.5 Å². The van der Waals surface area contributed by atoms with Crippen LogP contribution < -0.4 is 10.6 Å². The quantitative estimate of drug-likeness (QED) is 0.271. The summed E-state index contributed by atoms with van der Waals surface area (Å²) in [4.78, 5) is 38.8. The Labute approximate surface area is 255 Å². The first-order valence-corrected chi connectivity index (χ1v) is 15.1. The average molecular weight is 602 g/mol. The molecule has 2 aliphatic rings. The fourth-order valence-corrected chi connectivity index (χ4v) is 6.43. The second kappa shape index (κ2) is 16.1. The van der Waals surface area contributed by atoms with Gasteiger partial charge in [-0.3, -0.25) is 9.59 Å². The van der Waals surface area contributed by atoms with Gasteiger partial charge in [0.2, 0.25) is 0 Å². The predicted octanol–water partition coefficient (Wildman–Crippen LogP) is 7.07. The minimum Gasteiger partial charge on any atom is -0.481 e. The van der Waals surface area contributed by atoms with Gasteiger partial charge in [-0.2, -0.15) is 13.5 Å². The van der Waals surface area contributed by atoms with Crippen LogP contribution in [0.25, 0.3) is 0 Å². The van der Waals surface area contributed by atoms with Gasteiger partial charge in [-0.05, 0) is 79.8 Å². The molecule has 0 spiro atoms. The summed E-state index contributed by atoms with van der Waals surface area (Å²) < 4.78 is 0. The maximum absolute atomic E-state index is 13.7. The van der Waals surface area contributed by atoms with Crippen molar-refractivity contribution in [2.24, 2.45) is 11.8 Å². The summed E-state index contributed by atoms with van der Waals surface area (Å²) in [5, 5.41) is 15.3. The van der Waals surface area contributed by atoms with Crippen LogP contribution in [0.15, 0.2) is 48.5 Å². The fourth-order valence-electron chi connectivity index (χ4n) is 6.30. The van der Waals surface area contributed by atoms with Crippen molar-refractivity contribution in [1.29, 1.82) is 0 Å². The van der Waals surface area contributed by atoms with E-state index in [1.54, 1.807) is 12.1 Å². The molecule has 0 bridgehead atoms. The number of carbonyl (C=O) groups is 3. The van der Waals surface area contributed by atoms with Crippen LogP contribution in [-0.2, 0) is 11.3 Å². The molecule has 0 saturated heterocycles. The van der Waals surface area contributed by atoms with Crippen molar-refractivity contribution in [1.82, 2.24) is 15.5 Å². The Balaban J connectivity index is 0.00000462. The van der Waals surface area contributed by atoms with E-state index < -0.39 is 5.97 Å². The van der Waals surface area contributed by atoms with Crippen LogP contribution in [-0.4, -0.2) is 40.5 Å². The second-order valence-electron chi connectivity index (χ2n) is 11.4. The fraction of sp³-hybridized carbons (Fsp3) is 0.531. The number of urea groups is 1. The molecule has 4 rings (SSSR count). The number of benzene rings is 2. The summed E-state index contributed by atoms with van der Waals surface area (Å²) >= 11 is 6.06. The maximum Gasteiger partial charge on any atom is 0.318 e. The van der Waals surface area contributed by atoms with Crippen molar-refractivity contribution < 1.29 is 19.5 Å². The van der Waals surface area contributed by atoms with Crippen LogP contribution in [0.5, 0.6) is 0 Å². The highest BCUT2D eigenvalue weighted by atomic mass is 35.5. The molecular formula is C32H44ClN3O4S. The molecule has 9 heteroatoms. The lowest BCUT2D eigenvalue weighted by Gasteiger charge is -2.40. The zero-order chi connectivity index (χ0) is 28.5. The van der Waals surface area contributed by atoms with Crippen LogP contribution in [0.4, 0.5) is 4.79 Å². The average Bonchev–Trinajstić information content (AvgIpc) is 2.97. The number of rotatable bonds is 10. The monoisotopic (exact) mass is 601 g/mol. The molecule has 0 aliphatic heterocycles. The largest absolute Gasteiger partial charge is 0.481 e. The number of nitrogens with zero attached hydrogens (tertiary/aromatic N) is 1. The first-order valence-electron chi connectivity index (χ1n) is 14.7. The Hall–Kier alpha value is -2.71. The van der Waals surface area contributed by atoms with Gasteiger partial charge in [0, 0.05) is 29.7 Å². The lowest BCUT2D eigenvalue weighted by Crippen LogP contribution is -2.48. The van der Waals surface area contributed by atoms with E-state index in [-0.39, 0.29) is 50.5 Å². The minimum atomic E-state index is -0.952. The molecule has 0 radical (unpaired) electrons. The first-order chi connectivity index (χ1) is 19.3. The van der Waals surface area contributed by atoms with Crippen LogP contribution >= 0.6 is 25.1 Å². The second-order valence-corrected chi connectivity index (χ2v) is 11.9. The topological polar surface area (TPSA) is 98.7 Å². The number of carboxylic acid groups (broad SMARTS) is 1. The van der Waals surface area contributed by atoms with Gasteiger partial charge in [-0.15, -0.1) is 0 Å². The number of amides is 3. The lowest BCUT2D eigenvalue weighted by molar-refractivity contribution is -0.136. The number of carboxylic acids is 1. The number of hydrogen-bond acceptors (Lipinski definition) is 3. The van der Waals surface area contributed by atoms with Crippen molar-refractivity contribution in [3.8, 4) is 0 Å². The summed E-state index contributed by atoms with van der Waals surface area (Å²) in [6.07, 6.45) is 11.0. The highest BCUT2D eigenvalue weighted by Crippen LogP contribution is 2.39. The van der Waals surface area contributed by atoms with E-state index in [2.05, 4.69) is 10.6 Å². The Morgan fingerprint density at radius 3 is 2.12 bits per heavy atom. The molecule has 2 aromatic carbocycles. The Morgan fingerprint density at radius 1 is 0.902 bits per heavy atom. The maximum atomic E-state index is 13.7. The Bertz CT molecular complexity index is 1130. The molecule has 3 N–H and O–H groups in total. The number of aliphatic carboxylic acids is 1. The highest BCUT2D eigenvalue weighted by Gasteiger charge is 2.33. The number of carbonyl (C=O) groups excluding carboxylic acids is 2. The van der Waals surface area contributed by atoms with Crippen molar-refractivity contribution in [3.63, 3.8) is 0 Å². The van der Waals surface area contributed by atoms with E-state index in [4.69, 9.17) is 16.7 Å². The van der Waals surface area contributed by atoms with Crippen molar-refractivity contribution >= 4 is 43.0 Å². The summed E-state index contributed by atoms with van der Waals surface area (Å²) in [5.74, 6) is 0.358. The van der Waals surface area contributed by atoms with E-state index in [0.29, 0.717) is 17.1 Å². The van der Waals surface area contributed by atoms with Gasteiger partial charge in [-0.25, -0.2) is 4.79 Å². The van der Waals surface area contributed by atoms with Gasteiger partial charge in [0.15, 0.2) is 0 Å². The molecule has 2 fully saturated rings. The summed E-state index contributed by atoms with van der Waals surface area (Å²) in [5.41, 5.74) is 2.41. The van der Waals surface area contributed by atoms with Crippen molar-refractivity contribution in [3.05, 3.63) is 70.2 Å². The zero-order valence-electron chi connectivity index (χ0n) is 23.9. The lowest BCUT2D eigenvalue weighted by atomic mass is 9.72. The normalized spacial score (nSPS) is 19.9. The molecule has 41 heavy (non-hydrogen) atoms. The van der Waals surface area contributed by atoms with Crippen LogP contribution in [0.2, 0.25) is 5.02 Å². The molecule has 2 aliphatic carbocycles.